The summed E-state index contributed by atoms with van der Waals surface area (Å²) in [5, 5.41) is 2.89. The van der Waals surface area contributed by atoms with Crippen molar-refractivity contribution in [3.05, 3.63) is 18.7 Å². The Bertz CT molecular complexity index is 337. The van der Waals surface area contributed by atoms with Gasteiger partial charge in [0.05, 0.1) is 12.4 Å². The highest BCUT2D eigenvalue weighted by molar-refractivity contribution is 5.81. The Balaban J connectivity index is 2.08. The average Bonchev–Trinajstić information content (AvgIpc) is 2.89. The predicted octanol–water partition coefficient (Wildman–Crippen LogP) is 1.15. The minimum absolute atomic E-state index is 0.0352. The number of imidazole rings is 1. The molecule has 0 spiro atoms. The summed E-state index contributed by atoms with van der Waals surface area (Å²) in [7, 11) is 0. The molecule has 5 heteroatoms. The molecule has 1 amide bonds. The molecule has 1 aromatic heterocycles. The fourth-order valence-corrected chi connectivity index (χ4v) is 1.68. The number of unbranched alkanes of at least 4 members (excludes halogenated alkanes) is 1. The quantitative estimate of drug-likeness (QED) is 0.682. The molecule has 0 aliphatic heterocycles. The molecule has 1 heterocycles. The lowest BCUT2D eigenvalue weighted by Gasteiger charge is -2.17. The van der Waals surface area contributed by atoms with Crippen LogP contribution in [0.25, 0.3) is 0 Å². The number of aromatic nitrogens is 2. The first-order valence-electron chi connectivity index (χ1n) is 6.64. The summed E-state index contributed by atoms with van der Waals surface area (Å²) in [5.74, 6) is 0.197. The normalized spacial score (nSPS) is 14.2. The van der Waals surface area contributed by atoms with E-state index in [1.807, 2.05) is 24.6 Å². The number of rotatable bonds is 8. The molecule has 0 aliphatic carbocycles. The van der Waals surface area contributed by atoms with Crippen LogP contribution in [0, 0.1) is 5.92 Å². The highest BCUT2D eigenvalue weighted by Gasteiger charge is 2.18. The third-order valence-corrected chi connectivity index (χ3v) is 3.26. The molecule has 5 nitrogen and oxygen atoms in total. The van der Waals surface area contributed by atoms with Gasteiger partial charge in [0.25, 0.3) is 0 Å². The molecule has 0 saturated carbocycles. The van der Waals surface area contributed by atoms with Gasteiger partial charge in [-0.2, -0.15) is 0 Å². The Morgan fingerprint density at radius 3 is 2.89 bits per heavy atom. The van der Waals surface area contributed by atoms with E-state index in [1.165, 1.54) is 0 Å². The first-order valence-corrected chi connectivity index (χ1v) is 6.64. The van der Waals surface area contributed by atoms with E-state index in [0.29, 0.717) is 6.54 Å². The second-order valence-corrected chi connectivity index (χ2v) is 4.71. The largest absolute Gasteiger partial charge is 0.355 e. The SMILES string of the molecule is CCC(C)C(N)C(=O)NCCCCn1ccnc1. The number of carbonyl (C=O) groups is 1. The summed E-state index contributed by atoms with van der Waals surface area (Å²) >= 11 is 0. The first kappa shape index (κ1) is 14.7. The van der Waals surface area contributed by atoms with Gasteiger partial charge in [0, 0.05) is 25.5 Å². The lowest BCUT2D eigenvalue weighted by Crippen LogP contribution is -2.44. The molecule has 2 unspecified atom stereocenters. The first-order chi connectivity index (χ1) is 8.65. The van der Waals surface area contributed by atoms with E-state index >= 15 is 0 Å². The number of nitrogens with two attached hydrogens (primary N) is 1. The van der Waals surface area contributed by atoms with Crippen LogP contribution in [-0.4, -0.2) is 28.0 Å². The van der Waals surface area contributed by atoms with E-state index in [4.69, 9.17) is 5.73 Å². The molecule has 102 valence electrons. The van der Waals surface area contributed by atoms with Crippen LogP contribution in [0.1, 0.15) is 33.1 Å². The van der Waals surface area contributed by atoms with Crippen molar-refractivity contribution in [2.45, 2.75) is 45.7 Å². The van der Waals surface area contributed by atoms with Crippen molar-refractivity contribution < 1.29 is 4.79 Å². The number of hydrogen-bond acceptors (Lipinski definition) is 3. The molecule has 0 saturated heterocycles. The maximum atomic E-state index is 11.7. The fourth-order valence-electron chi connectivity index (χ4n) is 1.68. The monoisotopic (exact) mass is 252 g/mol. The van der Waals surface area contributed by atoms with Crippen LogP contribution in [0.3, 0.4) is 0 Å². The van der Waals surface area contributed by atoms with Gasteiger partial charge in [-0.3, -0.25) is 4.79 Å². The number of amides is 1. The van der Waals surface area contributed by atoms with Gasteiger partial charge in [0.2, 0.25) is 5.91 Å². The highest BCUT2D eigenvalue weighted by Crippen LogP contribution is 2.05. The van der Waals surface area contributed by atoms with Crippen LogP contribution >= 0.6 is 0 Å². The van der Waals surface area contributed by atoms with Crippen molar-refractivity contribution in [1.82, 2.24) is 14.9 Å². The summed E-state index contributed by atoms with van der Waals surface area (Å²) in [6.45, 7) is 5.68. The molecule has 0 aromatic carbocycles. The molecule has 0 aliphatic rings. The third-order valence-electron chi connectivity index (χ3n) is 3.26. The Kier molecular flexibility index (Phi) is 6.43. The minimum atomic E-state index is -0.386. The molecule has 0 fully saturated rings. The Morgan fingerprint density at radius 1 is 1.50 bits per heavy atom. The molecular formula is C13H24N4O. The molecule has 2 atom stereocenters. The molecule has 1 aromatic rings. The van der Waals surface area contributed by atoms with Crippen LogP contribution < -0.4 is 11.1 Å². The zero-order valence-corrected chi connectivity index (χ0v) is 11.3. The lowest BCUT2D eigenvalue weighted by atomic mass is 9.99. The molecule has 0 radical (unpaired) electrons. The van der Waals surface area contributed by atoms with Crippen molar-refractivity contribution >= 4 is 5.91 Å². The van der Waals surface area contributed by atoms with E-state index in [0.717, 1.165) is 25.8 Å². The van der Waals surface area contributed by atoms with Gasteiger partial charge < -0.3 is 15.6 Å². The van der Waals surface area contributed by atoms with Crippen molar-refractivity contribution in [2.75, 3.05) is 6.54 Å². The zero-order valence-electron chi connectivity index (χ0n) is 11.3. The number of aryl methyl sites for hydroxylation is 1. The Morgan fingerprint density at radius 2 is 2.28 bits per heavy atom. The second kappa shape index (κ2) is 7.87. The summed E-state index contributed by atoms with van der Waals surface area (Å²) in [6.07, 6.45) is 8.42. The Hall–Kier alpha value is -1.36. The molecule has 3 N–H and O–H groups in total. The minimum Gasteiger partial charge on any atom is -0.355 e. The predicted molar refractivity (Wildman–Crippen MR) is 71.9 cm³/mol. The zero-order chi connectivity index (χ0) is 13.4. The number of nitrogens with zero attached hydrogens (tertiary/aromatic N) is 2. The van der Waals surface area contributed by atoms with Gasteiger partial charge in [0.1, 0.15) is 0 Å². The van der Waals surface area contributed by atoms with Crippen LogP contribution in [0.2, 0.25) is 0 Å². The average molecular weight is 252 g/mol. The van der Waals surface area contributed by atoms with E-state index in [2.05, 4.69) is 10.3 Å². The van der Waals surface area contributed by atoms with Crippen LogP contribution in [-0.2, 0) is 11.3 Å². The third kappa shape index (κ3) is 4.87. The van der Waals surface area contributed by atoms with Crippen LogP contribution in [0.15, 0.2) is 18.7 Å². The summed E-state index contributed by atoms with van der Waals surface area (Å²) in [6, 6.07) is -0.386. The lowest BCUT2D eigenvalue weighted by molar-refractivity contribution is -0.123. The van der Waals surface area contributed by atoms with Gasteiger partial charge in [-0.05, 0) is 18.8 Å². The second-order valence-electron chi connectivity index (χ2n) is 4.71. The van der Waals surface area contributed by atoms with E-state index in [1.54, 1.807) is 12.5 Å². The van der Waals surface area contributed by atoms with Gasteiger partial charge in [-0.25, -0.2) is 4.98 Å². The Labute approximate surface area is 109 Å². The standard InChI is InChI=1S/C13H24N4O/c1-3-11(2)12(14)13(18)16-6-4-5-8-17-9-7-15-10-17/h7,9-12H,3-6,8,14H2,1-2H3,(H,16,18). The maximum absolute atomic E-state index is 11.7. The van der Waals surface area contributed by atoms with Gasteiger partial charge >= 0.3 is 0 Å². The van der Waals surface area contributed by atoms with E-state index in [9.17, 15) is 4.79 Å². The smallest absolute Gasteiger partial charge is 0.237 e. The van der Waals surface area contributed by atoms with Gasteiger partial charge in [0.15, 0.2) is 0 Å². The molecule has 1 rings (SSSR count). The number of nitrogens with one attached hydrogen (secondary N) is 1. The summed E-state index contributed by atoms with van der Waals surface area (Å²) < 4.78 is 2.03. The van der Waals surface area contributed by atoms with E-state index < -0.39 is 0 Å². The van der Waals surface area contributed by atoms with Gasteiger partial charge in [-0.15, -0.1) is 0 Å². The van der Waals surface area contributed by atoms with Crippen molar-refractivity contribution in [2.24, 2.45) is 11.7 Å². The molecule has 0 bridgehead atoms. The van der Waals surface area contributed by atoms with Crippen LogP contribution in [0.4, 0.5) is 0 Å². The number of carbonyl (C=O) groups excluding carboxylic acids is 1. The van der Waals surface area contributed by atoms with E-state index in [-0.39, 0.29) is 17.9 Å². The summed E-state index contributed by atoms with van der Waals surface area (Å²) in [4.78, 5) is 15.7. The highest BCUT2D eigenvalue weighted by atomic mass is 16.2. The van der Waals surface area contributed by atoms with Crippen molar-refractivity contribution in [3.8, 4) is 0 Å². The van der Waals surface area contributed by atoms with Crippen molar-refractivity contribution in [1.29, 1.82) is 0 Å². The van der Waals surface area contributed by atoms with Gasteiger partial charge in [-0.1, -0.05) is 20.3 Å². The fraction of sp³-hybridized carbons (Fsp3) is 0.692. The topological polar surface area (TPSA) is 72.9 Å². The van der Waals surface area contributed by atoms with Crippen molar-refractivity contribution in [3.63, 3.8) is 0 Å². The maximum Gasteiger partial charge on any atom is 0.237 e. The number of hydrogen-bond donors (Lipinski definition) is 2. The van der Waals surface area contributed by atoms with Crippen LogP contribution in [0.5, 0.6) is 0 Å². The molecular weight excluding hydrogens is 228 g/mol. The summed E-state index contributed by atoms with van der Waals surface area (Å²) in [5.41, 5.74) is 5.84. The molecule has 18 heavy (non-hydrogen) atoms.